The highest BCUT2D eigenvalue weighted by Gasteiger charge is 1.98. The lowest BCUT2D eigenvalue weighted by Crippen LogP contribution is -2.29. The third-order valence-electron chi connectivity index (χ3n) is 1.14. The second kappa shape index (κ2) is 3.72. The zero-order chi connectivity index (χ0) is 8.10. The summed E-state index contributed by atoms with van der Waals surface area (Å²) in [6.07, 6.45) is 1.45. The molecule has 1 heterocycles. The van der Waals surface area contributed by atoms with Crippen LogP contribution in [0, 0.1) is 0 Å². The third-order valence-corrected chi connectivity index (χ3v) is 1.14. The first-order valence-corrected chi connectivity index (χ1v) is 3.19. The van der Waals surface area contributed by atoms with E-state index in [1.54, 1.807) is 6.07 Å². The van der Waals surface area contributed by atoms with E-state index in [0.29, 0.717) is 12.2 Å². The fourth-order valence-electron chi connectivity index (χ4n) is 0.590. The van der Waals surface area contributed by atoms with Crippen molar-refractivity contribution in [2.75, 3.05) is 6.54 Å². The van der Waals surface area contributed by atoms with E-state index < -0.39 is 0 Å². The van der Waals surface area contributed by atoms with Crippen molar-refractivity contribution in [3.63, 3.8) is 0 Å². The van der Waals surface area contributed by atoms with Gasteiger partial charge in [0.2, 0.25) is 5.91 Å². The van der Waals surface area contributed by atoms with Gasteiger partial charge in [0.25, 0.3) is 0 Å². The molecule has 3 N–H and O–H groups in total. The molecule has 1 aromatic heterocycles. The minimum atomic E-state index is -0.201. The Kier molecular flexibility index (Phi) is 2.62. The fourth-order valence-corrected chi connectivity index (χ4v) is 0.590. The van der Waals surface area contributed by atoms with E-state index in [2.05, 4.69) is 15.0 Å². The summed E-state index contributed by atoms with van der Waals surface area (Å²) in [5.74, 6) is -0.201. The largest absolute Gasteiger partial charge is 0.364 e. The summed E-state index contributed by atoms with van der Waals surface area (Å²) in [5, 5.41) is 6.14. The standard InChI is InChI=1S/C6H9N3O2/c7-3-6(10)8-4-5-1-2-11-9-5/h1-2H,3-4,7H2,(H,8,10). The number of rotatable bonds is 3. The lowest BCUT2D eigenvalue weighted by atomic mass is 10.4. The molecule has 60 valence electrons. The van der Waals surface area contributed by atoms with E-state index >= 15 is 0 Å². The number of nitrogens with one attached hydrogen (secondary N) is 1. The van der Waals surface area contributed by atoms with Gasteiger partial charge in [-0.25, -0.2) is 0 Å². The Balaban J connectivity index is 2.29. The number of carbonyl (C=O) groups excluding carboxylic acids is 1. The topological polar surface area (TPSA) is 81.2 Å². The summed E-state index contributed by atoms with van der Waals surface area (Å²) in [7, 11) is 0. The number of nitrogens with zero attached hydrogens (tertiary/aromatic N) is 1. The van der Waals surface area contributed by atoms with E-state index in [1.165, 1.54) is 6.26 Å². The average Bonchev–Trinajstić information content (AvgIpc) is 2.52. The number of nitrogens with two attached hydrogens (primary N) is 1. The molecule has 0 fully saturated rings. The van der Waals surface area contributed by atoms with Crippen LogP contribution in [0.3, 0.4) is 0 Å². The van der Waals surface area contributed by atoms with Crippen molar-refractivity contribution in [3.8, 4) is 0 Å². The summed E-state index contributed by atoms with van der Waals surface area (Å²) in [6.45, 7) is 0.365. The van der Waals surface area contributed by atoms with Crippen LogP contribution < -0.4 is 11.1 Å². The molecule has 0 aliphatic heterocycles. The zero-order valence-electron chi connectivity index (χ0n) is 5.91. The Labute approximate surface area is 63.5 Å². The van der Waals surface area contributed by atoms with E-state index in [4.69, 9.17) is 5.73 Å². The first-order valence-electron chi connectivity index (χ1n) is 3.19. The third kappa shape index (κ3) is 2.38. The Morgan fingerprint density at radius 2 is 2.64 bits per heavy atom. The molecule has 1 aromatic rings. The molecule has 0 unspecified atom stereocenters. The first-order chi connectivity index (χ1) is 5.33. The molecule has 0 aliphatic carbocycles. The van der Waals surface area contributed by atoms with Crippen molar-refractivity contribution in [1.82, 2.24) is 10.5 Å². The van der Waals surface area contributed by atoms with E-state index in [9.17, 15) is 4.79 Å². The molecule has 0 radical (unpaired) electrons. The van der Waals surface area contributed by atoms with Crippen LogP contribution in [0.15, 0.2) is 16.9 Å². The van der Waals surface area contributed by atoms with Crippen molar-refractivity contribution in [3.05, 3.63) is 18.0 Å². The quantitative estimate of drug-likeness (QED) is 0.601. The molecule has 0 aliphatic rings. The second-order valence-corrected chi connectivity index (χ2v) is 1.97. The monoisotopic (exact) mass is 155 g/mol. The molecule has 0 bridgehead atoms. The van der Waals surface area contributed by atoms with Gasteiger partial charge in [-0.15, -0.1) is 0 Å². The van der Waals surface area contributed by atoms with Gasteiger partial charge in [0.05, 0.1) is 13.1 Å². The number of amides is 1. The zero-order valence-corrected chi connectivity index (χ0v) is 5.91. The maximum atomic E-state index is 10.6. The minimum absolute atomic E-state index is 0.00213. The van der Waals surface area contributed by atoms with Crippen LogP contribution in [0.2, 0.25) is 0 Å². The number of carbonyl (C=O) groups is 1. The van der Waals surface area contributed by atoms with Crippen LogP contribution in [0.5, 0.6) is 0 Å². The minimum Gasteiger partial charge on any atom is -0.364 e. The van der Waals surface area contributed by atoms with Crippen LogP contribution in [-0.4, -0.2) is 17.6 Å². The molecular formula is C6H9N3O2. The maximum Gasteiger partial charge on any atom is 0.234 e. The van der Waals surface area contributed by atoms with Crippen molar-refractivity contribution >= 4 is 5.91 Å². The van der Waals surface area contributed by atoms with Gasteiger partial charge >= 0.3 is 0 Å². The first kappa shape index (κ1) is 7.74. The highest BCUT2D eigenvalue weighted by atomic mass is 16.5. The van der Waals surface area contributed by atoms with Crippen molar-refractivity contribution < 1.29 is 9.32 Å². The van der Waals surface area contributed by atoms with E-state index in [1.807, 2.05) is 0 Å². The highest BCUT2D eigenvalue weighted by molar-refractivity contribution is 5.77. The molecule has 0 atom stereocenters. The molecule has 1 rings (SSSR count). The maximum absolute atomic E-state index is 10.6. The predicted molar refractivity (Wildman–Crippen MR) is 37.4 cm³/mol. The number of hydrogen-bond acceptors (Lipinski definition) is 4. The molecule has 0 saturated carbocycles. The van der Waals surface area contributed by atoms with Crippen LogP contribution in [-0.2, 0) is 11.3 Å². The molecule has 0 saturated heterocycles. The Hall–Kier alpha value is -1.36. The van der Waals surface area contributed by atoms with Gasteiger partial charge in [-0.1, -0.05) is 5.16 Å². The van der Waals surface area contributed by atoms with Crippen LogP contribution in [0.4, 0.5) is 0 Å². The lowest BCUT2D eigenvalue weighted by Gasteiger charge is -1.97. The summed E-state index contributed by atoms with van der Waals surface area (Å²) >= 11 is 0. The highest BCUT2D eigenvalue weighted by Crippen LogP contribution is 1.91. The van der Waals surface area contributed by atoms with Gasteiger partial charge in [0, 0.05) is 6.07 Å². The van der Waals surface area contributed by atoms with Gasteiger partial charge in [-0.05, 0) is 0 Å². The van der Waals surface area contributed by atoms with Gasteiger partial charge < -0.3 is 15.6 Å². The van der Waals surface area contributed by atoms with E-state index in [0.717, 1.165) is 0 Å². The van der Waals surface area contributed by atoms with Gasteiger partial charge in [0.15, 0.2) is 0 Å². The lowest BCUT2D eigenvalue weighted by molar-refractivity contribution is -0.119. The van der Waals surface area contributed by atoms with Gasteiger partial charge in [-0.2, -0.15) is 0 Å². The summed E-state index contributed by atoms with van der Waals surface area (Å²) < 4.78 is 4.55. The van der Waals surface area contributed by atoms with Crippen LogP contribution >= 0.6 is 0 Å². The molecule has 11 heavy (non-hydrogen) atoms. The van der Waals surface area contributed by atoms with Crippen molar-refractivity contribution in [2.24, 2.45) is 5.73 Å². The Morgan fingerprint density at radius 1 is 1.82 bits per heavy atom. The molecule has 1 amide bonds. The summed E-state index contributed by atoms with van der Waals surface area (Å²) in [6, 6.07) is 1.68. The molecule has 5 nitrogen and oxygen atoms in total. The number of aromatic nitrogens is 1. The smallest absolute Gasteiger partial charge is 0.234 e. The number of hydrogen-bond donors (Lipinski definition) is 2. The SMILES string of the molecule is NCC(=O)NCc1ccon1. The van der Waals surface area contributed by atoms with Gasteiger partial charge in [0.1, 0.15) is 12.0 Å². The van der Waals surface area contributed by atoms with Gasteiger partial charge in [-0.3, -0.25) is 4.79 Å². The summed E-state index contributed by atoms with van der Waals surface area (Å²) in [4.78, 5) is 10.6. The fraction of sp³-hybridized carbons (Fsp3) is 0.333. The Morgan fingerprint density at radius 3 is 3.18 bits per heavy atom. The molecular weight excluding hydrogens is 146 g/mol. The van der Waals surface area contributed by atoms with Crippen LogP contribution in [0.1, 0.15) is 5.69 Å². The predicted octanol–water partition coefficient (Wildman–Crippen LogP) is -0.751. The van der Waals surface area contributed by atoms with Crippen molar-refractivity contribution in [2.45, 2.75) is 6.54 Å². The van der Waals surface area contributed by atoms with Crippen LogP contribution in [0.25, 0.3) is 0 Å². The summed E-state index contributed by atoms with van der Waals surface area (Å²) in [5.41, 5.74) is 5.74. The Bertz CT molecular complexity index is 220. The second-order valence-electron chi connectivity index (χ2n) is 1.97. The van der Waals surface area contributed by atoms with E-state index in [-0.39, 0.29) is 12.5 Å². The average molecular weight is 155 g/mol. The normalized spacial score (nSPS) is 9.55. The van der Waals surface area contributed by atoms with Crippen molar-refractivity contribution in [1.29, 1.82) is 0 Å². The molecule has 0 spiro atoms. The molecule has 5 heteroatoms. The molecule has 0 aromatic carbocycles.